The summed E-state index contributed by atoms with van der Waals surface area (Å²) in [5, 5.41) is 8.75. The molecule has 0 saturated carbocycles. The smallest absolute Gasteiger partial charge is 0.319 e. The van der Waals surface area contributed by atoms with Crippen molar-refractivity contribution in [2.45, 2.75) is 0 Å². The average molecular weight is 372 g/mol. The van der Waals surface area contributed by atoms with Gasteiger partial charge in [0.05, 0.1) is 26.0 Å². The molecule has 1 fully saturated rings. The number of para-hydroxylation sites is 2. The van der Waals surface area contributed by atoms with E-state index in [1.165, 1.54) is 6.33 Å². The summed E-state index contributed by atoms with van der Waals surface area (Å²) in [5.74, 6) is 2.21. The summed E-state index contributed by atoms with van der Waals surface area (Å²) < 4.78 is 10.6. The molecule has 3 N–H and O–H groups in total. The number of hydrogen-bond donors (Lipinski definition) is 3. The van der Waals surface area contributed by atoms with Gasteiger partial charge in [0, 0.05) is 32.2 Å². The Hall–Kier alpha value is -3.07. The first-order valence-electron chi connectivity index (χ1n) is 8.83. The normalized spacial score (nSPS) is 13.7. The molecule has 0 unspecified atom stereocenters. The van der Waals surface area contributed by atoms with Crippen LogP contribution in [0, 0.1) is 0 Å². The fourth-order valence-electron chi connectivity index (χ4n) is 2.69. The first kappa shape index (κ1) is 18.7. The fourth-order valence-corrected chi connectivity index (χ4v) is 2.69. The summed E-state index contributed by atoms with van der Waals surface area (Å²) in [5.41, 5.74) is 0.622. The van der Waals surface area contributed by atoms with Gasteiger partial charge in [0.1, 0.15) is 23.7 Å². The fraction of sp³-hybridized carbons (Fsp3) is 0.389. The molecule has 0 radical (unpaired) electrons. The Morgan fingerprint density at radius 3 is 2.85 bits per heavy atom. The van der Waals surface area contributed by atoms with Gasteiger partial charge in [-0.25, -0.2) is 14.8 Å². The third kappa shape index (κ3) is 5.45. The molecule has 0 spiro atoms. The highest BCUT2D eigenvalue weighted by atomic mass is 16.5. The first-order valence-corrected chi connectivity index (χ1v) is 8.83. The lowest BCUT2D eigenvalue weighted by molar-refractivity contribution is 0.122. The largest absolute Gasteiger partial charge is 0.495 e. The van der Waals surface area contributed by atoms with Crippen molar-refractivity contribution in [2.24, 2.45) is 0 Å². The summed E-state index contributed by atoms with van der Waals surface area (Å²) in [4.78, 5) is 22.7. The zero-order chi connectivity index (χ0) is 18.9. The number of ether oxygens (including phenoxy) is 2. The number of methoxy groups -OCH3 is 1. The number of nitrogens with one attached hydrogen (secondary N) is 3. The highest BCUT2D eigenvalue weighted by molar-refractivity contribution is 5.90. The van der Waals surface area contributed by atoms with Gasteiger partial charge in [-0.1, -0.05) is 12.1 Å². The van der Waals surface area contributed by atoms with E-state index in [4.69, 9.17) is 9.47 Å². The summed E-state index contributed by atoms with van der Waals surface area (Å²) in [6.45, 7) is 4.04. The SMILES string of the molecule is COc1ccccc1NC(=O)NCCNc1cc(N2CCOCC2)ncn1. The summed E-state index contributed by atoms with van der Waals surface area (Å²) in [7, 11) is 1.56. The second-order valence-corrected chi connectivity index (χ2v) is 5.87. The van der Waals surface area contributed by atoms with Gasteiger partial charge in [0.2, 0.25) is 0 Å². The Labute approximate surface area is 158 Å². The van der Waals surface area contributed by atoms with Crippen molar-refractivity contribution in [1.29, 1.82) is 0 Å². The van der Waals surface area contributed by atoms with Crippen LogP contribution in [0.5, 0.6) is 5.75 Å². The molecule has 0 aliphatic carbocycles. The van der Waals surface area contributed by atoms with Crippen LogP contribution >= 0.6 is 0 Å². The highest BCUT2D eigenvalue weighted by Crippen LogP contribution is 2.22. The molecule has 27 heavy (non-hydrogen) atoms. The van der Waals surface area contributed by atoms with Gasteiger partial charge < -0.3 is 30.3 Å². The van der Waals surface area contributed by atoms with Crippen LogP contribution in [0.25, 0.3) is 0 Å². The topological polar surface area (TPSA) is 101 Å². The minimum atomic E-state index is -0.294. The molecule has 2 amide bonds. The molecule has 9 nitrogen and oxygen atoms in total. The molecule has 1 aliphatic heterocycles. The van der Waals surface area contributed by atoms with Crippen molar-refractivity contribution in [2.75, 3.05) is 62.0 Å². The van der Waals surface area contributed by atoms with Gasteiger partial charge in [-0.2, -0.15) is 0 Å². The van der Waals surface area contributed by atoms with Gasteiger partial charge in [-0.05, 0) is 12.1 Å². The second kappa shape index (κ2) is 9.58. The Balaban J connectivity index is 1.42. The average Bonchev–Trinajstić information content (AvgIpc) is 2.72. The lowest BCUT2D eigenvalue weighted by Gasteiger charge is -2.27. The number of amides is 2. The molecule has 0 bridgehead atoms. The molecule has 1 aromatic heterocycles. The van der Waals surface area contributed by atoms with Crippen molar-refractivity contribution in [3.63, 3.8) is 0 Å². The maximum atomic E-state index is 12.0. The number of urea groups is 1. The van der Waals surface area contributed by atoms with E-state index >= 15 is 0 Å². The molecule has 2 heterocycles. The van der Waals surface area contributed by atoms with Crippen LogP contribution in [0.2, 0.25) is 0 Å². The third-order valence-corrected chi connectivity index (χ3v) is 4.06. The molecular weight excluding hydrogens is 348 g/mol. The lowest BCUT2D eigenvalue weighted by Crippen LogP contribution is -2.36. The number of benzene rings is 1. The van der Waals surface area contributed by atoms with Crippen LogP contribution in [0.4, 0.5) is 22.1 Å². The maximum absolute atomic E-state index is 12.0. The van der Waals surface area contributed by atoms with Gasteiger partial charge in [0.15, 0.2) is 0 Å². The van der Waals surface area contributed by atoms with E-state index in [0.717, 1.165) is 24.7 Å². The summed E-state index contributed by atoms with van der Waals surface area (Å²) in [6.07, 6.45) is 1.54. The van der Waals surface area contributed by atoms with Gasteiger partial charge in [0.25, 0.3) is 0 Å². The quantitative estimate of drug-likeness (QED) is 0.634. The molecule has 1 aliphatic rings. The Morgan fingerprint density at radius 2 is 2.04 bits per heavy atom. The summed E-state index contributed by atoms with van der Waals surface area (Å²) >= 11 is 0. The molecular formula is C18H24N6O3. The molecule has 1 aromatic carbocycles. The van der Waals surface area contributed by atoms with Crippen LogP contribution in [0.1, 0.15) is 0 Å². The van der Waals surface area contributed by atoms with Gasteiger partial charge in [-0.3, -0.25) is 0 Å². The van der Waals surface area contributed by atoms with Crippen LogP contribution < -0.4 is 25.6 Å². The van der Waals surface area contributed by atoms with Crippen LogP contribution in [0.3, 0.4) is 0 Å². The van der Waals surface area contributed by atoms with E-state index in [1.54, 1.807) is 19.2 Å². The standard InChI is InChI=1S/C18H24N6O3/c1-26-15-5-3-2-4-14(15)23-18(25)20-7-6-19-16-12-17(22-13-21-16)24-8-10-27-11-9-24/h2-5,12-13H,6-11H2,1H3,(H,19,21,22)(H2,20,23,25). The Morgan fingerprint density at radius 1 is 1.22 bits per heavy atom. The van der Waals surface area contributed by atoms with Crippen molar-refractivity contribution < 1.29 is 14.3 Å². The zero-order valence-corrected chi connectivity index (χ0v) is 15.3. The third-order valence-electron chi connectivity index (χ3n) is 4.06. The molecule has 0 atom stereocenters. The second-order valence-electron chi connectivity index (χ2n) is 5.87. The van der Waals surface area contributed by atoms with Crippen LogP contribution in [-0.2, 0) is 4.74 Å². The van der Waals surface area contributed by atoms with Gasteiger partial charge >= 0.3 is 6.03 Å². The molecule has 144 valence electrons. The maximum Gasteiger partial charge on any atom is 0.319 e. The van der Waals surface area contributed by atoms with Gasteiger partial charge in [-0.15, -0.1) is 0 Å². The van der Waals surface area contributed by atoms with E-state index in [1.807, 2.05) is 18.2 Å². The van der Waals surface area contributed by atoms with E-state index in [-0.39, 0.29) is 6.03 Å². The van der Waals surface area contributed by atoms with Crippen molar-refractivity contribution in [3.8, 4) is 5.75 Å². The predicted octanol–water partition coefficient (Wildman–Crippen LogP) is 1.56. The zero-order valence-electron chi connectivity index (χ0n) is 15.3. The Bertz CT molecular complexity index is 751. The monoisotopic (exact) mass is 372 g/mol. The molecule has 1 saturated heterocycles. The van der Waals surface area contributed by atoms with Crippen LogP contribution in [-0.4, -0.2) is 62.5 Å². The van der Waals surface area contributed by atoms with E-state index in [2.05, 4.69) is 30.8 Å². The number of rotatable bonds is 7. The predicted molar refractivity (Wildman–Crippen MR) is 104 cm³/mol. The number of aromatic nitrogens is 2. The number of morpholine rings is 1. The van der Waals surface area contributed by atoms with Crippen molar-refractivity contribution in [3.05, 3.63) is 36.7 Å². The minimum absolute atomic E-state index is 0.294. The van der Waals surface area contributed by atoms with E-state index in [9.17, 15) is 4.79 Å². The first-order chi connectivity index (χ1) is 13.3. The highest BCUT2D eigenvalue weighted by Gasteiger charge is 2.13. The van der Waals surface area contributed by atoms with E-state index < -0.39 is 0 Å². The molecule has 9 heteroatoms. The van der Waals surface area contributed by atoms with E-state index in [0.29, 0.717) is 37.7 Å². The number of carbonyl (C=O) groups is 1. The van der Waals surface area contributed by atoms with Crippen molar-refractivity contribution >= 4 is 23.4 Å². The summed E-state index contributed by atoms with van der Waals surface area (Å²) in [6, 6.07) is 8.86. The minimum Gasteiger partial charge on any atom is -0.495 e. The number of nitrogens with zero attached hydrogens (tertiary/aromatic N) is 3. The van der Waals surface area contributed by atoms with Crippen LogP contribution in [0.15, 0.2) is 36.7 Å². The Kier molecular flexibility index (Phi) is 6.64. The van der Waals surface area contributed by atoms with Crippen molar-refractivity contribution in [1.82, 2.24) is 15.3 Å². The number of anilines is 3. The molecule has 2 aromatic rings. The number of hydrogen-bond acceptors (Lipinski definition) is 7. The lowest BCUT2D eigenvalue weighted by atomic mass is 10.3. The molecule has 3 rings (SSSR count). The number of carbonyl (C=O) groups excluding carboxylic acids is 1.